The largest absolute Gasteiger partial charge is 0.348 e. The molecule has 1 saturated heterocycles. The van der Waals surface area contributed by atoms with Crippen LogP contribution >= 0.6 is 22.9 Å². The first kappa shape index (κ1) is 19.2. The number of aromatic nitrogens is 1. The van der Waals surface area contributed by atoms with Crippen molar-refractivity contribution in [1.29, 1.82) is 0 Å². The maximum atomic E-state index is 12.4. The Balaban J connectivity index is 1.47. The zero-order valence-corrected chi connectivity index (χ0v) is 17.3. The summed E-state index contributed by atoms with van der Waals surface area (Å²) in [6.45, 7) is 2.04. The lowest BCUT2D eigenvalue weighted by Gasteiger charge is -2.11. The number of anilines is 2. The van der Waals surface area contributed by atoms with Gasteiger partial charge in [0.15, 0.2) is 15.0 Å². The molecule has 146 valence electrons. The molecular formula is C19H18ClN3O3S2. The predicted octanol–water partition coefficient (Wildman–Crippen LogP) is 3.96. The van der Waals surface area contributed by atoms with Crippen LogP contribution in [-0.2, 0) is 14.6 Å². The molecule has 1 N–H and O–H groups in total. The van der Waals surface area contributed by atoms with Gasteiger partial charge in [-0.25, -0.2) is 13.4 Å². The van der Waals surface area contributed by atoms with Crippen molar-refractivity contribution in [2.75, 3.05) is 29.1 Å². The fraction of sp³-hybridized carbons (Fsp3) is 0.263. The third-order valence-electron chi connectivity index (χ3n) is 4.53. The highest BCUT2D eigenvalue weighted by molar-refractivity contribution is 7.92. The van der Waals surface area contributed by atoms with Gasteiger partial charge in [-0.2, -0.15) is 0 Å². The number of halogens is 1. The first-order valence-electron chi connectivity index (χ1n) is 8.84. The van der Waals surface area contributed by atoms with Crippen LogP contribution in [0.2, 0.25) is 5.02 Å². The molecule has 9 heteroatoms. The number of sulfone groups is 1. The van der Waals surface area contributed by atoms with Crippen molar-refractivity contribution in [1.82, 2.24) is 4.98 Å². The van der Waals surface area contributed by atoms with Gasteiger partial charge in [-0.15, -0.1) is 0 Å². The van der Waals surface area contributed by atoms with E-state index in [0.29, 0.717) is 10.7 Å². The van der Waals surface area contributed by atoms with E-state index in [-0.39, 0.29) is 4.90 Å². The van der Waals surface area contributed by atoms with E-state index in [1.807, 2.05) is 12.1 Å². The molecule has 0 spiro atoms. The first-order valence-corrected chi connectivity index (χ1v) is 11.7. The Morgan fingerprint density at radius 3 is 2.57 bits per heavy atom. The number of benzene rings is 2. The van der Waals surface area contributed by atoms with Gasteiger partial charge in [-0.3, -0.25) is 4.79 Å². The summed E-state index contributed by atoms with van der Waals surface area (Å²) in [6, 6.07) is 11.2. The van der Waals surface area contributed by atoms with Gasteiger partial charge in [-0.05, 0) is 55.3 Å². The number of hydrogen-bond donors (Lipinski definition) is 1. The van der Waals surface area contributed by atoms with Crippen LogP contribution in [0.4, 0.5) is 10.8 Å². The van der Waals surface area contributed by atoms with Crippen LogP contribution in [0.25, 0.3) is 10.2 Å². The maximum absolute atomic E-state index is 12.4. The summed E-state index contributed by atoms with van der Waals surface area (Å²) in [5.74, 6) is -1.22. The molecule has 4 rings (SSSR count). The zero-order chi connectivity index (χ0) is 19.7. The Kier molecular flexibility index (Phi) is 5.27. The fourth-order valence-electron chi connectivity index (χ4n) is 3.13. The zero-order valence-electron chi connectivity index (χ0n) is 14.9. The highest BCUT2D eigenvalue weighted by Gasteiger charge is 2.20. The van der Waals surface area contributed by atoms with Crippen molar-refractivity contribution in [3.63, 3.8) is 0 Å². The minimum atomic E-state index is -3.73. The molecule has 0 saturated carbocycles. The lowest BCUT2D eigenvalue weighted by molar-refractivity contribution is -0.113. The lowest BCUT2D eigenvalue weighted by Crippen LogP contribution is -2.22. The molecule has 1 aromatic heterocycles. The van der Waals surface area contributed by atoms with Gasteiger partial charge >= 0.3 is 0 Å². The van der Waals surface area contributed by atoms with Crippen LogP contribution in [0.15, 0.2) is 47.4 Å². The highest BCUT2D eigenvalue weighted by atomic mass is 35.5. The topological polar surface area (TPSA) is 79.4 Å². The monoisotopic (exact) mass is 435 g/mol. The number of rotatable bonds is 5. The smallest absolute Gasteiger partial charge is 0.239 e. The van der Waals surface area contributed by atoms with Gasteiger partial charge in [0.25, 0.3) is 0 Å². The molecule has 0 atom stereocenters. The van der Waals surface area contributed by atoms with E-state index in [4.69, 9.17) is 11.6 Å². The second-order valence-electron chi connectivity index (χ2n) is 6.63. The minimum Gasteiger partial charge on any atom is -0.348 e. The van der Waals surface area contributed by atoms with Crippen LogP contribution in [0.5, 0.6) is 0 Å². The molecule has 1 aliphatic rings. The molecular weight excluding hydrogens is 418 g/mol. The number of carbonyl (C=O) groups is 1. The number of fused-ring (bicyclic) bond motifs is 1. The van der Waals surface area contributed by atoms with E-state index in [1.54, 1.807) is 17.4 Å². The van der Waals surface area contributed by atoms with Gasteiger partial charge in [0, 0.05) is 23.8 Å². The van der Waals surface area contributed by atoms with Crippen LogP contribution in [-0.4, -0.2) is 38.2 Å². The summed E-state index contributed by atoms with van der Waals surface area (Å²) in [5.41, 5.74) is 1.43. The molecule has 0 radical (unpaired) electrons. The molecule has 3 aromatic rings. The highest BCUT2D eigenvalue weighted by Crippen LogP contribution is 2.32. The third-order valence-corrected chi connectivity index (χ3v) is 7.49. The minimum absolute atomic E-state index is 0.0696. The molecule has 0 aliphatic carbocycles. The first-order chi connectivity index (χ1) is 13.4. The summed E-state index contributed by atoms with van der Waals surface area (Å²) in [7, 11) is -3.73. The number of amides is 1. The number of carbonyl (C=O) groups excluding carboxylic acids is 1. The Bertz CT molecular complexity index is 1120. The Hall–Kier alpha value is -2.16. The van der Waals surface area contributed by atoms with Crippen molar-refractivity contribution in [3.8, 4) is 0 Å². The van der Waals surface area contributed by atoms with Crippen molar-refractivity contribution in [3.05, 3.63) is 47.5 Å². The molecule has 6 nitrogen and oxygen atoms in total. The fourth-order valence-corrected chi connectivity index (χ4v) is 5.45. The number of nitrogens with one attached hydrogen (secondary N) is 1. The Labute approximate surface area is 172 Å². The van der Waals surface area contributed by atoms with Crippen LogP contribution in [0.3, 0.4) is 0 Å². The molecule has 0 unspecified atom stereocenters. The quantitative estimate of drug-likeness (QED) is 0.656. The average Bonchev–Trinajstić information content (AvgIpc) is 3.30. The van der Waals surface area contributed by atoms with Crippen molar-refractivity contribution >= 4 is 59.7 Å². The number of thiazole rings is 1. The molecule has 28 heavy (non-hydrogen) atoms. The van der Waals surface area contributed by atoms with E-state index in [2.05, 4.69) is 15.2 Å². The van der Waals surface area contributed by atoms with Gasteiger partial charge in [0.1, 0.15) is 5.75 Å². The summed E-state index contributed by atoms with van der Waals surface area (Å²) in [5, 5.41) is 4.10. The second kappa shape index (κ2) is 7.69. The van der Waals surface area contributed by atoms with Gasteiger partial charge in [0.05, 0.1) is 15.1 Å². The standard InChI is InChI=1S/C19H18ClN3O3S2/c20-13-3-6-15(7-4-13)28(25,26)12-18(24)21-14-5-8-16-17(11-14)27-19(22-16)23-9-1-2-10-23/h3-8,11H,1-2,9-10,12H2,(H,21,24). The average molecular weight is 436 g/mol. The van der Waals surface area contributed by atoms with Crippen molar-refractivity contribution in [2.45, 2.75) is 17.7 Å². The Morgan fingerprint density at radius 1 is 1.14 bits per heavy atom. The summed E-state index contributed by atoms with van der Waals surface area (Å²) >= 11 is 7.36. The Morgan fingerprint density at radius 2 is 1.86 bits per heavy atom. The number of nitrogens with zero attached hydrogens (tertiary/aromatic N) is 2. The number of hydrogen-bond acceptors (Lipinski definition) is 6. The van der Waals surface area contributed by atoms with Gasteiger partial charge < -0.3 is 10.2 Å². The molecule has 1 amide bonds. The predicted molar refractivity (Wildman–Crippen MR) is 113 cm³/mol. The molecule has 1 aliphatic heterocycles. The van der Waals surface area contributed by atoms with E-state index in [9.17, 15) is 13.2 Å². The normalized spacial score (nSPS) is 14.5. The molecule has 1 fully saturated rings. The van der Waals surface area contributed by atoms with Crippen LogP contribution in [0, 0.1) is 0 Å². The SMILES string of the molecule is O=C(CS(=O)(=O)c1ccc(Cl)cc1)Nc1ccc2nc(N3CCCC3)sc2c1. The van der Waals surface area contributed by atoms with Gasteiger partial charge in [-0.1, -0.05) is 22.9 Å². The molecule has 0 bridgehead atoms. The summed E-state index contributed by atoms with van der Waals surface area (Å²) in [4.78, 5) is 19.3. The summed E-state index contributed by atoms with van der Waals surface area (Å²) in [6.07, 6.45) is 2.36. The van der Waals surface area contributed by atoms with Gasteiger partial charge in [0.2, 0.25) is 5.91 Å². The maximum Gasteiger partial charge on any atom is 0.239 e. The van der Waals surface area contributed by atoms with E-state index in [0.717, 1.165) is 28.4 Å². The van der Waals surface area contributed by atoms with E-state index < -0.39 is 21.5 Å². The van der Waals surface area contributed by atoms with E-state index >= 15 is 0 Å². The lowest BCUT2D eigenvalue weighted by atomic mass is 10.3. The third kappa shape index (κ3) is 4.14. The second-order valence-corrected chi connectivity index (χ2v) is 10.1. The molecule has 2 heterocycles. The van der Waals surface area contributed by atoms with Crippen LogP contribution < -0.4 is 10.2 Å². The van der Waals surface area contributed by atoms with E-state index in [1.165, 1.54) is 37.1 Å². The van der Waals surface area contributed by atoms with Crippen molar-refractivity contribution in [2.24, 2.45) is 0 Å². The summed E-state index contributed by atoms with van der Waals surface area (Å²) < 4.78 is 25.7. The van der Waals surface area contributed by atoms with Crippen molar-refractivity contribution < 1.29 is 13.2 Å². The molecule has 2 aromatic carbocycles. The van der Waals surface area contributed by atoms with Crippen LogP contribution in [0.1, 0.15) is 12.8 Å².